The van der Waals surface area contributed by atoms with Crippen molar-refractivity contribution in [1.29, 1.82) is 0 Å². The van der Waals surface area contributed by atoms with E-state index in [1.807, 2.05) is 11.9 Å². The van der Waals surface area contributed by atoms with E-state index in [-0.39, 0.29) is 18.3 Å². The molecule has 7 heteroatoms. The number of ether oxygens (including phenoxy) is 1. The van der Waals surface area contributed by atoms with Gasteiger partial charge in [0.2, 0.25) is 0 Å². The summed E-state index contributed by atoms with van der Waals surface area (Å²) in [5.74, 6) is 0.901. The van der Waals surface area contributed by atoms with Crippen LogP contribution in [0.25, 0.3) is 0 Å². The van der Waals surface area contributed by atoms with Gasteiger partial charge in [-0.25, -0.2) is 0 Å². The first-order valence-electron chi connectivity index (χ1n) is 7.03. The summed E-state index contributed by atoms with van der Waals surface area (Å²) in [5, 5.41) is 3.93. The SMILES string of the molecule is CNCC1CCCN(C(=O)c2cc(Cl)c(Cl)cc2OC)C1.Cl. The van der Waals surface area contributed by atoms with Crippen molar-refractivity contribution in [2.45, 2.75) is 12.8 Å². The molecule has 4 nitrogen and oxygen atoms in total. The summed E-state index contributed by atoms with van der Waals surface area (Å²) in [5.41, 5.74) is 0.469. The molecule has 0 radical (unpaired) electrons. The second-order valence-corrected chi connectivity index (χ2v) is 6.10. The molecule has 1 saturated heterocycles. The minimum Gasteiger partial charge on any atom is -0.496 e. The standard InChI is InChI=1S/C15H20Cl2N2O2.ClH/c1-18-8-10-4-3-5-19(9-10)15(20)11-6-12(16)13(17)7-14(11)21-2;/h6-7,10,18H,3-5,8-9H2,1-2H3;1H. The largest absolute Gasteiger partial charge is 0.496 e. The fourth-order valence-corrected chi connectivity index (χ4v) is 3.06. The molecule has 1 fully saturated rings. The summed E-state index contributed by atoms with van der Waals surface area (Å²) in [4.78, 5) is 14.6. The van der Waals surface area contributed by atoms with Gasteiger partial charge in [-0.15, -0.1) is 12.4 Å². The highest BCUT2D eigenvalue weighted by Crippen LogP contribution is 2.32. The van der Waals surface area contributed by atoms with Crippen LogP contribution >= 0.6 is 35.6 Å². The van der Waals surface area contributed by atoms with E-state index in [1.54, 1.807) is 12.1 Å². The Morgan fingerprint density at radius 3 is 2.73 bits per heavy atom. The number of nitrogens with one attached hydrogen (secondary N) is 1. The number of amides is 1. The summed E-state index contributed by atoms with van der Waals surface area (Å²) in [7, 11) is 3.46. The lowest BCUT2D eigenvalue weighted by atomic mass is 9.97. The van der Waals surface area contributed by atoms with Crippen LogP contribution in [-0.2, 0) is 0 Å². The third-order valence-electron chi connectivity index (χ3n) is 3.77. The van der Waals surface area contributed by atoms with Gasteiger partial charge in [-0.3, -0.25) is 4.79 Å². The third kappa shape index (κ3) is 4.42. The number of rotatable bonds is 4. The second-order valence-electron chi connectivity index (χ2n) is 5.28. The molecule has 1 aliphatic heterocycles. The molecule has 22 heavy (non-hydrogen) atoms. The van der Waals surface area contributed by atoms with E-state index in [4.69, 9.17) is 27.9 Å². The number of piperidine rings is 1. The highest BCUT2D eigenvalue weighted by molar-refractivity contribution is 6.42. The number of hydrogen-bond acceptors (Lipinski definition) is 3. The molecule has 0 saturated carbocycles. The zero-order valence-corrected chi connectivity index (χ0v) is 15.0. The molecule has 1 amide bonds. The van der Waals surface area contributed by atoms with E-state index in [9.17, 15) is 4.79 Å². The Morgan fingerprint density at radius 1 is 1.41 bits per heavy atom. The Hall–Kier alpha value is -0.680. The first-order valence-corrected chi connectivity index (χ1v) is 7.79. The second kappa shape index (κ2) is 8.82. The van der Waals surface area contributed by atoms with E-state index in [1.165, 1.54) is 7.11 Å². The minimum absolute atomic E-state index is 0. The molecule has 1 heterocycles. The average Bonchev–Trinajstić information content (AvgIpc) is 2.49. The summed E-state index contributed by atoms with van der Waals surface area (Å²) < 4.78 is 5.26. The van der Waals surface area contributed by atoms with E-state index in [2.05, 4.69) is 5.32 Å². The zero-order valence-electron chi connectivity index (χ0n) is 12.7. The zero-order chi connectivity index (χ0) is 15.4. The van der Waals surface area contributed by atoms with Crippen LogP contribution in [0, 0.1) is 5.92 Å². The van der Waals surface area contributed by atoms with Crippen LogP contribution in [0.1, 0.15) is 23.2 Å². The Morgan fingerprint density at radius 2 is 2.09 bits per heavy atom. The van der Waals surface area contributed by atoms with Crippen molar-refractivity contribution in [2.24, 2.45) is 5.92 Å². The number of benzene rings is 1. The van der Waals surface area contributed by atoms with E-state index < -0.39 is 0 Å². The summed E-state index contributed by atoms with van der Waals surface area (Å²) in [6.07, 6.45) is 2.16. The Labute approximate surface area is 147 Å². The predicted octanol–water partition coefficient (Wildman–Crippen LogP) is 3.50. The van der Waals surface area contributed by atoms with Crippen molar-refractivity contribution in [2.75, 3.05) is 33.8 Å². The lowest BCUT2D eigenvalue weighted by Gasteiger charge is -2.33. The van der Waals surface area contributed by atoms with E-state index in [0.29, 0.717) is 27.3 Å². The van der Waals surface area contributed by atoms with Crippen LogP contribution < -0.4 is 10.1 Å². The summed E-state index contributed by atoms with van der Waals surface area (Å²) in [6, 6.07) is 3.18. The Kier molecular flexibility index (Phi) is 7.77. The Balaban J connectivity index is 0.00000242. The normalized spacial score (nSPS) is 17.8. The van der Waals surface area contributed by atoms with Crippen molar-refractivity contribution < 1.29 is 9.53 Å². The highest BCUT2D eigenvalue weighted by atomic mass is 35.5. The van der Waals surface area contributed by atoms with Gasteiger partial charge in [0.25, 0.3) is 5.91 Å². The fourth-order valence-electron chi connectivity index (χ4n) is 2.74. The number of carbonyl (C=O) groups excluding carboxylic acids is 1. The molecule has 1 aromatic rings. The van der Waals surface area contributed by atoms with Crippen LogP contribution in [0.3, 0.4) is 0 Å². The fraction of sp³-hybridized carbons (Fsp3) is 0.533. The number of methoxy groups -OCH3 is 1. The minimum atomic E-state index is -0.0498. The topological polar surface area (TPSA) is 41.6 Å². The average molecular weight is 368 g/mol. The van der Waals surface area contributed by atoms with Crippen molar-refractivity contribution in [3.8, 4) is 5.75 Å². The van der Waals surface area contributed by atoms with Gasteiger partial charge < -0.3 is 15.0 Å². The number of nitrogens with zero attached hydrogens (tertiary/aromatic N) is 1. The van der Waals surface area contributed by atoms with Gasteiger partial charge in [0.15, 0.2) is 0 Å². The Bertz CT molecular complexity index is 524. The molecule has 0 bridgehead atoms. The third-order valence-corrected chi connectivity index (χ3v) is 4.49. The van der Waals surface area contributed by atoms with Gasteiger partial charge in [0.05, 0.1) is 22.7 Å². The van der Waals surface area contributed by atoms with Crippen LogP contribution in [-0.4, -0.2) is 44.6 Å². The molecule has 1 atom stereocenters. The number of carbonyl (C=O) groups is 1. The molecule has 0 aliphatic carbocycles. The number of hydrogen-bond donors (Lipinski definition) is 1. The molecular weight excluding hydrogens is 347 g/mol. The molecule has 0 aromatic heterocycles. The quantitative estimate of drug-likeness (QED) is 0.885. The number of halogens is 3. The van der Waals surface area contributed by atoms with Crippen molar-refractivity contribution in [1.82, 2.24) is 10.2 Å². The maximum Gasteiger partial charge on any atom is 0.257 e. The molecule has 1 unspecified atom stereocenters. The van der Waals surface area contributed by atoms with E-state index in [0.717, 1.165) is 32.5 Å². The van der Waals surface area contributed by atoms with Crippen molar-refractivity contribution >= 4 is 41.5 Å². The van der Waals surface area contributed by atoms with Gasteiger partial charge in [0, 0.05) is 19.2 Å². The number of likely N-dealkylation sites (tertiary alicyclic amines) is 1. The maximum absolute atomic E-state index is 12.7. The smallest absolute Gasteiger partial charge is 0.257 e. The van der Waals surface area contributed by atoms with Gasteiger partial charge in [0.1, 0.15) is 5.75 Å². The first kappa shape index (κ1) is 19.4. The van der Waals surface area contributed by atoms with Gasteiger partial charge in [-0.2, -0.15) is 0 Å². The van der Waals surface area contributed by atoms with Crippen molar-refractivity contribution in [3.63, 3.8) is 0 Å². The van der Waals surface area contributed by atoms with Crippen LogP contribution in [0.2, 0.25) is 10.0 Å². The van der Waals surface area contributed by atoms with Gasteiger partial charge in [-0.1, -0.05) is 23.2 Å². The molecule has 124 valence electrons. The monoisotopic (exact) mass is 366 g/mol. The lowest BCUT2D eigenvalue weighted by Crippen LogP contribution is -2.42. The van der Waals surface area contributed by atoms with Crippen LogP contribution in [0.15, 0.2) is 12.1 Å². The molecule has 1 aliphatic rings. The van der Waals surface area contributed by atoms with Gasteiger partial charge >= 0.3 is 0 Å². The summed E-state index contributed by atoms with van der Waals surface area (Å²) >= 11 is 12.0. The molecule has 1 aromatic carbocycles. The first-order chi connectivity index (χ1) is 10.1. The van der Waals surface area contributed by atoms with Crippen LogP contribution in [0.5, 0.6) is 5.75 Å². The van der Waals surface area contributed by atoms with Crippen molar-refractivity contribution in [3.05, 3.63) is 27.7 Å². The molecule has 2 rings (SSSR count). The molecule has 1 N–H and O–H groups in total. The highest BCUT2D eigenvalue weighted by Gasteiger charge is 2.26. The lowest BCUT2D eigenvalue weighted by molar-refractivity contribution is 0.0671. The molecule has 0 spiro atoms. The van der Waals surface area contributed by atoms with E-state index >= 15 is 0 Å². The van der Waals surface area contributed by atoms with Crippen LogP contribution in [0.4, 0.5) is 0 Å². The maximum atomic E-state index is 12.7. The van der Waals surface area contributed by atoms with Gasteiger partial charge in [-0.05, 0) is 38.4 Å². The predicted molar refractivity (Wildman–Crippen MR) is 92.8 cm³/mol. The molecular formula is C15H21Cl3N2O2. The summed E-state index contributed by atoms with van der Waals surface area (Å²) in [6.45, 7) is 2.44.